The number of anilines is 1. The highest BCUT2D eigenvalue weighted by Gasteiger charge is 2.23. The highest BCUT2D eigenvalue weighted by Crippen LogP contribution is 2.20. The van der Waals surface area contributed by atoms with Gasteiger partial charge in [-0.15, -0.1) is 0 Å². The topological polar surface area (TPSA) is 93.5 Å². The van der Waals surface area contributed by atoms with Crippen molar-refractivity contribution in [2.45, 2.75) is 12.3 Å². The number of ether oxygens (including phenoxy) is 1. The summed E-state index contributed by atoms with van der Waals surface area (Å²) in [5.74, 6) is -1.93. The van der Waals surface area contributed by atoms with Crippen LogP contribution in [0.3, 0.4) is 0 Å². The number of amides is 1. The highest BCUT2D eigenvalue weighted by atomic mass is 79.9. The van der Waals surface area contributed by atoms with E-state index in [9.17, 15) is 14.0 Å². The quantitative estimate of drug-likeness (QED) is 0.751. The second kappa shape index (κ2) is 7.26. The molecule has 1 aromatic carbocycles. The summed E-state index contributed by atoms with van der Waals surface area (Å²) < 4.78 is 21.3. The van der Waals surface area contributed by atoms with E-state index in [1.54, 1.807) is 30.3 Å². The van der Waals surface area contributed by atoms with Crippen LogP contribution in [0.5, 0.6) is 0 Å². The number of nitrogens with zero attached hydrogens (tertiary/aromatic N) is 2. The minimum Gasteiger partial charge on any atom is -0.393 e. The largest absolute Gasteiger partial charge is 0.393 e. The molecule has 2 aromatic rings. The molecule has 0 fully saturated rings. The van der Waals surface area contributed by atoms with Crippen LogP contribution in [0.1, 0.15) is 16.6 Å². The standard InChI is InChI=1S/C16H13BrFN3O4/c17-10-3-1-9(2-4-10)15(23)19-14-12(18)7-21(16(24)20-14)13-6-5-11(8-22)25-13/h1-7,11,13,22H,8H2,(H,19,20,23,24). The van der Waals surface area contributed by atoms with Gasteiger partial charge in [-0.05, 0) is 30.3 Å². The van der Waals surface area contributed by atoms with Crippen LogP contribution < -0.4 is 11.0 Å². The average Bonchev–Trinajstić information content (AvgIpc) is 3.07. The third-order valence-electron chi connectivity index (χ3n) is 3.50. The van der Waals surface area contributed by atoms with Crippen LogP contribution in [-0.2, 0) is 4.74 Å². The van der Waals surface area contributed by atoms with Gasteiger partial charge in [-0.1, -0.05) is 22.0 Å². The smallest absolute Gasteiger partial charge is 0.352 e. The number of hydrogen-bond donors (Lipinski definition) is 2. The Morgan fingerprint density at radius 1 is 1.36 bits per heavy atom. The summed E-state index contributed by atoms with van der Waals surface area (Å²) in [5.41, 5.74) is -0.498. The molecule has 130 valence electrons. The zero-order valence-corrected chi connectivity index (χ0v) is 14.3. The van der Waals surface area contributed by atoms with E-state index in [1.165, 1.54) is 6.08 Å². The maximum Gasteiger partial charge on any atom is 0.352 e. The molecule has 1 amide bonds. The Balaban J connectivity index is 1.81. The number of aliphatic hydroxyl groups is 1. The van der Waals surface area contributed by atoms with Crippen molar-refractivity contribution in [3.63, 3.8) is 0 Å². The van der Waals surface area contributed by atoms with E-state index in [4.69, 9.17) is 9.84 Å². The number of rotatable bonds is 4. The van der Waals surface area contributed by atoms with Crippen molar-refractivity contribution in [1.82, 2.24) is 9.55 Å². The maximum absolute atomic E-state index is 14.2. The number of carbonyl (C=O) groups excluding carboxylic acids is 1. The summed E-state index contributed by atoms with van der Waals surface area (Å²) in [6.07, 6.45) is 2.57. The molecule has 2 heterocycles. The Morgan fingerprint density at radius 3 is 2.72 bits per heavy atom. The van der Waals surface area contributed by atoms with E-state index < -0.39 is 35.6 Å². The molecule has 3 rings (SSSR count). The first-order valence-electron chi connectivity index (χ1n) is 7.28. The highest BCUT2D eigenvalue weighted by molar-refractivity contribution is 9.10. The summed E-state index contributed by atoms with van der Waals surface area (Å²) in [7, 11) is 0. The first-order chi connectivity index (χ1) is 12.0. The molecule has 7 nitrogen and oxygen atoms in total. The third kappa shape index (κ3) is 3.84. The average molecular weight is 410 g/mol. The van der Waals surface area contributed by atoms with Gasteiger partial charge in [-0.25, -0.2) is 9.18 Å². The molecule has 2 unspecified atom stereocenters. The van der Waals surface area contributed by atoms with Crippen LogP contribution >= 0.6 is 15.9 Å². The van der Waals surface area contributed by atoms with E-state index in [1.807, 2.05) is 0 Å². The molecule has 0 saturated carbocycles. The van der Waals surface area contributed by atoms with Crippen molar-refractivity contribution in [3.05, 3.63) is 69.0 Å². The Kier molecular flexibility index (Phi) is 5.07. The zero-order valence-electron chi connectivity index (χ0n) is 12.7. The van der Waals surface area contributed by atoms with Crippen molar-refractivity contribution in [1.29, 1.82) is 0 Å². The molecule has 0 bridgehead atoms. The number of aromatic nitrogens is 2. The van der Waals surface area contributed by atoms with Crippen molar-refractivity contribution in [2.75, 3.05) is 11.9 Å². The van der Waals surface area contributed by atoms with Crippen LogP contribution in [0, 0.1) is 5.82 Å². The number of aliphatic hydroxyl groups excluding tert-OH is 1. The molecular formula is C16H13BrFN3O4. The number of nitrogens with one attached hydrogen (secondary N) is 1. The monoisotopic (exact) mass is 409 g/mol. The minimum absolute atomic E-state index is 0.251. The van der Waals surface area contributed by atoms with Gasteiger partial charge >= 0.3 is 5.69 Å². The Labute approximate surface area is 149 Å². The van der Waals surface area contributed by atoms with Gasteiger partial charge in [-0.2, -0.15) is 4.98 Å². The van der Waals surface area contributed by atoms with Gasteiger partial charge in [0.2, 0.25) is 0 Å². The molecular weight excluding hydrogens is 397 g/mol. The predicted molar refractivity (Wildman–Crippen MR) is 90.7 cm³/mol. The van der Waals surface area contributed by atoms with E-state index in [-0.39, 0.29) is 6.61 Å². The first kappa shape index (κ1) is 17.5. The summed E-state index contributed by atoms with van der Waals surface area (Å²) in [4.78, 5) is 27.8. The Morgan fingerprint density at radius 2 is 2.08 bits per heavy atom. The number of halogens is 2. The Hall–Kier alpha value is -2.36. The zero-order chi connectivity index (χ0) is 18.0. The van der Waals surface area contributed by atoms with Gasteiger partial charge in [-0.3, -0.25) is 9.36 Å². The second-order valence-corrected chi connectivity index (χ2v) is 6.14. The lowest BCUT2D eigenvalue weighted by molar-refractivity contribution is -0.0106. The molecule has 0 saturated heterocycles. The van der Waals surface area contributed by atoms with Gasteiger partial charge in [0.05, 0.1) is 12.8 Å². The van der Waals surface area contributed by atoms with Crippen LogP contribution in [-0.4, -0.2) is 33.3 Å². The molecule has 1 aromatic heterocycles. The lowest BCUT2D eigenvalue weighted by Crippen LogP contribution is -2.30. The van der Waals surface area contributed by atoms with E-state index in [0.29, 0.717) is 5.56 Å². The fraction of sp³-hybridized carbons (Fsp3) is 0.188. The van der Waals surface area contributed by atoms with Crippen molar-refractivity contribution in [2.24, 2.45) is 0 Å². The number of benzene rings is 1. The normalized spacial score (nSPS) is 19.2. The summed E-state index contributed by atoms with van der Waals surface area (Å²) in [6, 6.07) is 6.42. The van der Waals surface area contributed by atoms with Crippen LogP contribution in [0.25, 0.3) is 0 Å². The summed E-state index contributed by atoms with van der Waals surface area (Å²) in [6.45, 7) is -0.251. The van der Waals surface area contributed by atoms with Crippen LogP contribution in [0.2, 0.25) is 0 Å². The molecule has 2 atom stereocenters. The SMILES string of the molecule is O=C(Nc1nc(=O)n(C2C=CC(CO)O2)cc1F)c1ccc(Br)cc1. The van der Waals surface area contributed by atoms with Gasteiger partial charge < -0.3 is 15.2 Å². The predicted octanol–water partition coefficient (Wildman–Crippen LogP) is 1.84. The molecule has 2 N–H and O–H groups in total. The lowest BCUT2D eigenvalue weighted by atomic mass is 10.2. The number of hydrogen-bond acceptors (Lipinski definition) is 5. The fourth-order valence-electron chi connectivity index (χ4n) is 2.25. The molecule has 1 aliphatic heterocycles. The summed E-state index contributed by atoms with van der Waals surface area (Å²) >= 11 is 3.25. The minimum atomic E-state index is -0.880. The van der Waals surface area contributed by atoms with Crippen molar-refractivity contribution < 1.29 is 19.0 Å². The second-order valence-electron chi connectivity index (χ2n) is 5.22. The Bertz CT molecular complexity index is 882. The molecule has 0 spiro atoms. The van der Waals surface area contributed by atoms with Gasteiger partial charge in [0.25, 0.3) is 5.91 Å². The fourth-order valence-corrected chi connectivity index (χ4v) is 2.51. The van der Waals surface area contributed by atoms with Crippen molar-refractivity contribution in [3.8, 4) is 0 Å². The third-order valence-corrected chi connectivity index (χ3v) is 4.03. The van der Waals surface area contributed by atoms with Gasteiger partial charge in [0.1, 0.15) is 6.10 Å². The van der Waals surface area contributed by atoms with E-state index in [0.717, 1.165) is 15.2 Å². The van der Waals surface area contributed by atoms with Gasteiger partial charge in [0.15, 0.2) is 17.9 Å². The maximum atomic E-state index is 14.2. The van der Waals surface area contributed by atoms with Gasteiger partial charge in [0, 0.05) is 10.0 Å². The summed E-state index contributed by atoms with van der Waals surface area (Å²) in [5, 5.41) is 11.3. The van der Waals surface area contributed by atoms with E-state index >= 15 is 0 Å². The molecule has 25 heavy (non-hydrogen) atoms. The van der Waals surface area contributed by atoms with E-state index in [2.05, 4.69) is 26.2 Å². The molecule has 0 radical (unpaired) electrons. The van der Waals surface area contributed by atoms with Crippen LogP contribution in [0.15, 0.2) is 51.9 Å². The molecule has 9 heteroatoms. The lowest BCUT2D eigenvalue weighted by Gasteiger charge is -2.15. The van der Waals surface area contributed by atoms with Crippen LogP contribution in [0.4, 0.5) is 10.2 Å². The first-order valence-corrected chi connectivity index (χ1v) is 8.07. The molecule has 0 aliphatic carbocycles. The van der Waals surface area contributed by atoms with Crippen molar-refractivity contribution >= 4 is 27.7 Å². The molecule has 1 aliphatic rings. The number of carbonyl (C=O) groups is 1.